The summed E-state index contributed by atoms with van der Waals surface area (Å²) in [4.78, 5) is 3.88. The van der Waals surface area contributed by atoms with Gasteiger partial charge in [0.2, 0.25) is 0 Å². The van der Waals surface area contributed by atoms with Crippen molar-refractivity contribution >= 4 is 17.4 Å². The number of hydrogen-bond acceptors (Lipinski definition) is 3. The van der Waals surface area contributed by atoms with E-state index in [2.05, 4.69) is 4.98 Å². The zero-order chi connectivity index (χ0) is 14.6. The lowest BCUT2D eigenvalue weighted by Gasteiger charge is -2.10. The first-order chi connectivity index (χ1) is 7.96. The third kappa shape index (κ3) is 6.59. The van der Waals surface area contributed by atoms with Crippen LogP contribution >= 0.6 is 0 Å². The molecule has 0 fully saturated rings. The highest BCUT2D eigenvalue weighted by Crippen LogP contribution is 2.22. The van der Waals surface area contributed by atoms with Crippen LogP contribution in [-0.4, -0.2) is 29.8 Å². The molecule has 106 valence electrons. The normalized spacial score (nSPS) is 13.7. The predicted octanol–water partition coefficient (Wildman–Crippen LogP) is 2.06. The highest BCUT2D eigenvalue weighted by Gasteiger charge is 2.26. The van der Waals surface area contributed by atoms with Crippen molar-refractivity contribution in [1.29, 1.82) is 0 Å². The number of imidazole rings is 1. The summed E-state index contributed by atoms with van der Waals surface area (Å²) in [5.41, 5.74) is 0. The SMILES string of the molecule is CCC(c1nccn1C)S(=O)(=O)O.F[B-](F)(F)F. The minimum absolute atomic E-state index is 0.309. The van der Waals surface area contributed by atoms with E-state index in [1.165, 1.54) is 6.20 Å². The highest BCUT2D eigenvalue weighted by atomic mass is 32.2. The van der Waals surface area contributed by atoms with E-state index < -0.39 is 22.6 Å². The van der Waals surface area contributed by atoms with Gasteiger partial charge in [-0.25, -0.2) is 4.98 Å². The molecule has 11 heteroatoms. The number of halogens is 4. The van der Waals surface area contributed by atoms with E-state index in [1.54, 1.807) is 24.7 Å². The van der Waals surface area contributed by atoms with E-state index in [1.807, 2.05) is 0 Å². The van der Waals surface area contributed by atoms with Crippen molar-refractivity contribution in [3.05, 3.63) is 18.2 Å². The van der Waals surface area contributed by atoms with E-state index in [4.69, 9.17) is 4.55 Å². The van der Waals surface area contributed by atoms with Crippen LogP contribution in [-0.2, 0) is 17.2 Å². The van der Waals surface area contributed by atoms with Gasteiger partial charge in [-0.3, -0.25) is 4.55 Å². The second-order valence-electron chi connectivity index (χ2n) is 3.30. The maximum Gasteiger partial charge on any atom is 0.673 e. The largest absolute Gasteiger partial charge is 0.673 e. The smallest absolute Gasteiger partial charge is 0.418 e. The molecule has 0 bridgehead atoms. The summed E-state index contributed by atoms with van der Waals surface area (Å²) < 4.78 is 71.3. The molecule has 5 nitrogen and oxygen atoms in total. The minimum atomic E-state index is -6.00. The fourth-order valence-electron chi connectivity index (χ4n) is 1.21. The molecule has 0 aliphatic carbocycles. The standard InChI is InChI=1S/C7H12N2O3S.BF4/c1-3-6(13(10,11)12)7-8-4-5-9(7)2;2-1(3,4)5/h4-6H,3H2,1-2H3,(H,10,11,12);/q;-1. The monoisotopic (exact) mass is 291 g/mol. The lowest BCUT2D eigenvalue weighted by atomic mass is 10.3. The van der Waals surface area contributed by atoms with Crippen LogP contribution in [0.5, 0.6) is 0 Å². The third-order valence-corrected chi connectivity index (χ3v) is 3.14. The number of aryl methyl sites for hydroxylation is 1. The quantitative estimate of drug-likeness (QED) is 0.525. The molecule has 1 atom stereocenters. The van der Waals surface area contributed by atoms with Gasteiger partial charge in [-0.1, -0.05) is 6.92 Å². The summed E-state index contributed by atoms with van der Waals surface area (Å²) in [5.74, 6) is 0.366. The van der Waals surface area contributed by atoms with Crippen molar-refractivity contribution in [2.24, 2.45) is 7.05 Å². The number of aromatic nitrogens is 2. The second kappa shape index (κ2) is 6.18. The van der Waals surface area contributed by atoms with Crippen LogP contribution in [0.4, 0.5) is 17.3 Å². The van der Waals surface area contributed by atoms with Crippen LogP contribution in [0, 0.1) is 0 Å². The summed E-state index contributed by atoms with van der Waals surface area (Å²) in [6.45, 7) is 1.69. The van der Waals surface area contributed by atoms with Gasteiger partial charge in [0.15, 0.2) is 0 Å². The van der Waals surface area contributed by atoms with Crippen LogP contribution in [0.2, 0.25) is 0 Å². The Balaban J connectivity index is 0.000000494. The molecule has 0 aromatic carbocycles. The molecule has 0 amide bonds. The van der Waals surface area contributed by atoms with Crippen LogP contribution in [0.15, 0.2) is 12.4 Å². The Kier molecular flexibility index (Phi) is 5.81. The molecular weight excluding hydrogens is 279 g/mol. The zero-order valence-corrected chi connectivity index (χ0v) is 10.4. The summed E-state index contributed by atoms with van der Waals surface area (Å²) >= 11 is 0. The Hall–Kier alpha value is -1.10. The topological polar surface area (TPSA) is 72.2 Å². The first-order valence-corrected chi connectivity index (χ1v) is 6.28. The summed E-state index contributed by atoms with van der Waals surface area (Å²) in [6.07, 6.45) is 3.45. The maximum absolute atomic E-state index is 10.9. The van der Waals surface area contributed by atoms with Crippen LogP contribution in [0.25, 0.3) is 0 Å². The first-order valence-electron chi connectivity index (χ1n) is 4.77. The average molecular weight is 291 g/mol. The molecule has 0 saturated heterocycles. The van der Waals surface area contributed by atoms with Crippen molar-refractivity contribution in [3.8, 4) is 0 Å². The Morgan fingerprint density at radius 3 is 2.11 bits per heavy atom. The Morgan fingerprint density at radius 1 is 1.44 bits per heavy atom. The molecule has 18 heavy (non-hydrogen) atoms. The molecule has 0 aliphatic heterocycles. The Morgan fingerprint density at radius 2 is 1.89 bits per heavy atom. The first kappa shape index (κ1) is 16.9. The summed E-state index contributed by atoms with van der Waals surface area (Å²) in [5, 5.41) is -0.924. The summed E-state index contributed by atoms with van der Waals surface area (Å²) in [7, 11) is -8.35. The second-order valence-corrected chi connectivity index (χ2v) is 4.90. The lowest BCUT2D eigenvalue weighted by Crippen LogP contribution is -2.15. The van der Waals surface area contributed by atoms with Crippen LogP contribution in [0.3, 0.4) is 0 Å². The van der Waals surface area contributed by atoms with Gasteiger partial charge >= 0.3 is 7.25 Å². The molecule has 0 spiro atoms. The lowest BCUT2D eigenvalue weighted by molar-refractivity contribution is 0.368. The molecular formula is C7H12BF4N2O3S-. The number of rotatable bonds is 3. The van der Waals surface area contributed by atoms with Crippen LogP contribution < -0.4 is 0 Å². The number of hydrogen-bond donors (Lipinski definition) is 1. The van der Waals surface area contributed by atoms with E-state index in [9.17, 15) is 25.7 Å². The molecule has 0 aliphatic rings. The van der Waals surface area contributed by atoms with Crippen molar-refractivity contribution in [1.82, 2.24) is 9.55 Å². The maximum atomic E-state index is 10.9. The van der Waals surface area contributed by atoms with E-state index >= 15 is 0 Å². The predicted molar refractivity (Wildman–Crippen MR) is 58.0 cm³/mol. The molecule has 0 radical (unpaired) electrons. The van der Waals surface area contributed by atoms with Gasteiger partial charge in [0.1, 0.15) is 11.1 Å². The van der Waals surface area contributed by atoms with E-state index in [-0.39, 0.29) is 0 Å². The molecule has 1 aromatic rings. The average Bonchev–Trinajstić information content (AvgIpc) is 2.48. The van der Waals surface area contributed by atoms with Crippen molar-refractivity contribution in [3.63, 3.8) is 0 Å². The van der Waals surface area contributed by atoms with Crippen molar-refractivity contribution < 1.29 is 30.2 Å². The molecule has 1 aromatic heterocycles. The zero-order valence-electron chi connectivity index (χ0n) is 9.59. The Bertz CT molecular complexity index is 467. The van der Waals surface area contributed by atoms with Crippen molar-refractivity contribution in [2.75, 3.05) is 0 Å². The molecule has 0 saturated carbocycles. The number of nitrogens with zero attached hydrogens (tertiary/aromatic N) is 2. The van der Waals surface area contributed by atoms with Gasteiger partial charge in [-0.05, 0) is 6.42 Å². The van der Waals surface area contributed by atoms with Gasteiger partial charge in [-0.2, -0.15) is 8.42 Å². The van der Waals surface area contributed by atoms with Gasteiger partial charge < -0.3 is 21.8 Å². The molecule has 1 unspecified atom stereocenters. The molecule has 1 heterocycles. The molecule has 1 N–H and O–H groups in total. The fraction of sp³-hybridized carbons (Fsp3) is 0.571. The highest BCUT2D eigenvalue weighted by molar-refractivity contribution is 7.86. The van der Waals surface area contributed by atoms with Gasteiger partial charge in [0, 0.05) is 19.4 Å². The summed E-state index contributed by atoms with van der Waals surface area (Å²) in [6, 6.07) is 0. The van der Waals surface area contributed by atoms with Crippen LogP contribution in [0.1, 0.15) is 24.4 Å². The van der Waals surface area contributed by atoms with Crippen molar-refractivity contribution in [2.45, 2.75) is 18.6 Å². The molecule has 1 rings (SSSR count). The van der Waals surface area contributed by atoms with Gasteiger partial charge in [0.05, 0.1) is 0 Å². The Labute approximate surface area is 102 Å². The third-order valence-electron chi connectivity index (χ3n) is 1.88. The van der Waals surface area contributed by atoms with E-state index in [0.717, 1.165) is 0 Å². The van der Waals surface area contributed by atoms with Gasteiger partial charge in [-0.15, -0.1) is 0 Å². The minimum Gasteiger partial charge on any atom is -0.418 e. The fourth-order valence-corrected chi connectivity index (χ4v) is 2.13. The van der Waals surface area contributed by atoms with E-state index in [0.29, 0.717) is 12.2 Å². The van der Waals surface area contributed by atoms with Gasteiger partial charge in [0.25, 0.3) is 10.1 Å².